The van der Waals surface area contributed by atoms with Crippen molar-refractivity contribution in [1.29, 1.82) is 0 Å². The molecule has 3 aromatic rings. The monoisotopic (exact) mass is 490 g/mol. The maximum atomic E-state index is 13.5. The van der Waals surface area contributed by atoms with E-state index >= 15 is 0 Å². The third-order valence-corrected chi connectivity index (χ3v) is 7.85. The Bertz CT molecular complexity index is 1270. The van der Waals surface area contributed by atoms with Crippen LogP contribution in [0.25, 0.3) is 0 Å². The summed E-state index contributed by atoms with van der Waals surface area (Å²) in [5.74, 6) is -0.651. The van der Waals surface area contributed by atoms with E-state index in [0.717, 1.165) is 16.7 Å². The number of hydrogen-bond acceptors (Lipinski definition) is 3. The molecule has 32 heavy (non-hydrogen) atoms. The summed E-state index contributed by atoms with van der Waals surface area (Å²) in [5.41, 5.74) is 4.84. The number of phenols is 1. The van der Waals surface area contributed by atoms with Crippen LogP contribution in [0.5, 0.6) is 5.75 Å². The molecule has 0 aliphatic heterocycles. The number of aryl methyl sites for hydroxylation is 2. The quantitative estimate of drug-likeness (QED) is 0.411. The highest BCUT2D eigenvalue weighted by molar-refractivity contribution is 7.90. The Balaban J connectivity index is 2.08. The van der Waals surface area contributed by atoms with E-state index in [2.05, 4.69) is 32.9 Å². The van der Waals surface area contributed by atoms with Crippen LogP contribution in [0.4, 0.5) is 0 Å². The topological polar surface area (TPSA) is 54.4 Å². The van der Waals surface area contributed by atoms with Gasteiger partial charge in [0.25, 0.3) is 0 Å². The lowest BCUT2D eigenvalue weighted by Gasteiger charge is -2.20. The first-order valence-electron chi connectivity index (χ1n) is 10.4. The number of sulfone groups is 1. The fourth-order valence-corrected chi connectivity index (χ4v) is 6.38. The second kappa shape index (κ2) is 9.09. The minimum atomic E-state index is -3.78. The molecule has 0 radical (unpaired) electrons. The lowest BCUT2D eigenvalue weighted by Crippen LogP contribution is -2.13. The number of aromatic hydroxyl groups is 1. The van der Waals surface area contributed by atoms with Crippen molar-refractivity contribution < 1.29 is 13.5 Å². The highest BCUT2D eigenvalue weighted by atomic mass is 35.5. The SMILES string of the molecule is Cc1cc(C)c(S(=O)(=O)Cc2cc(Cl)cc(Cl)c2O)c(Cc2cccc(C(C)(C)C)c2)c1. The van der Waals surface area contributed by atoms with Crippen LogP contribution in [0, 0.1) is 13.8 Å². The zero-order chi connectivity index (χ0) is 23.8. The molecule has 3 nitrogen and oxygen atoms in total. The molecular weight excluding hydrogens is 463 g/mol. The summed E-state index contributed by atoms with van der Waals surface area (Å²) in [7, 11) is -3.78. The minimum Gasteiger partial charge on any atom is -0.506 e. The molecule has 0 saturated heterocycles. The van der Waals surface area contributed by atoms with Crippen LogP contribution < -0.4 is 0 Å². The van der Waals surface area contributed by atoms with Gasteiger partial charge in [-0.05, 0) is 60.1 Å². The van der Waals surface area contributed by atoms with Crippen LogP contribution >= 0.6 is 23.2 Å². The van der Waals surface area contributed by atoms with Crippen LogP contribution in [0.15, 0.2) is 53.4 Å². The van der Waals surface area contributed by atoms with Gasteiger partial charge in [-0.25, -0.2) is 8.42 Å². The Morgan fingerprint density at radius 2 is 1.62 bits per heavy atom. The number of benzene rings is 3. The van der Waals surface area contributed by atoms with Crippen molar-refractivity contribution in [1.82, 2.24) is 0 Å². The van der Waals surface area contributed by atoms with Crippen LogP contribution in [-0.2, 0) is 27.4 Å². The highest BCUT2D eigenvalue weighted by Gasteiger charge is 2.25. The fraction of sp³-hybridized carbons (Fsp3) is 0.308. The van der Waals surface area contributed by atoms with Crippen molar-refractivity contribution in [2.45, 2.75) is 57.1 Å². The van der Waals surface area contributed by atoms with Gasteiger partial charge >= 0.3 is 0 Å². The van der Waals surface area contributed by atoms with Gasteiger partial charge in [-0.15, -0.1) is 0 Å². The molecule has 3 aromatic carbocycles. The summed E-state index contributed by atoms with van der Waals surface area (Å²) in [6.45, 7) is 10.2. The van der Waals surface area contributed by atoms with Gasteiger partial charge in [0.15, 0.2) is 9.84 Å². The van der Waals surface area contributed by atoms with E-state index in [0.29, 0.717) is 16.9 Å². The summed E-state index contributed by atoms with van der Waals surface area (Å²) in [4.78, 5) is 0.291. The molecule has 0 heterocycles. The van der Waals surface area contributed by atoms with E-state index in [1.165, 1.54) is 17.7 Å². The Kier molecular flexibility index (Phi) is 6.99. The maximum absolute atomic E-state index is 13.5. The highest BCUT2D eigenvalue weighted by Crippen LogP contribution is 2.35. The van der Waals surface area contributed by atoms with Gasteiger partial charge in [-0.1, -0.05) is 85.9 Å². The van der Waals surface area contributed by atoms with Gasteiger partial charge in [-0.2, -0.15) is 0 Å². The lowest BCUT2D eigenvalue weighted by atomic mass is 9.85. The van der Waals surface area contributed by atoms with Gasteiger partial charge in [0.1, 0.15) is 5.75 Å². The molecular formula is C26H28Cl2O3S. The Labute approximate surface area is 200 Å². The predicted molar refractivity (Wildman–Crippen MR) is 133 cm³/mol. The molecule has 0 unspecified atom stereocenters. The first-order valence-corrected chi connectivity index (χ1v) is 12.8. The molecule has 170 valence electrons. The van der Waals surface area contributed by atoms with E-state index in [9.17, 15) is 13.5 Å². The minimum absolute atomic E-state index is 0.00316. The molecule has 3 rings (SSSR count). The summed E-state index contributed by atoms with van der Waals surface area (Å²) in [6.07, 6.45) is 0.489. The molecule has 0 atom stereocenters. The predicted octanol–water partition coefficient (Wildman–Crippen LogP) is 7.18. The number of rotatable bonds is 5. The van der Waals surface area contributed by atoms with E-state index in [1.807, 2.05) is 31.2 Å². The molecule has 0 bridgehead atoms. The summed E-state index contributed by atoms with van der Waals surface area (Å²) in [5, 5.41) is 10.6. The average molecular weight is 491 g/mol. The Morgan fingerprint density at radius 3 is 2.28 bits per heavy atom. The van der Waals surface area contributed by atoms with Gasteiger partial charge in [0.05, 0.1) is 15.7 Å². The van der Waals surface area contributed by atoms with Crippen molar-refractivity contribution in [3.8, 4) is 5.75 Å². The number of phenolic OH excluding ortho intramolecular Hbond substituents is 1. The van der Waals surface area contributed by atoms with E-state index in [4.69, 9.17) is 23.2 Å². The third-order valence-electron chi connectivity index (χ3n) is 5.45. The summed E-state index contributed by atoms with van der Waals surface area (Å²) >= 11 is 12.1. The van der Waals surface area contributed by atoms with E-state index in [-0.39, 0.29) is 26.8 Å². The van der Waals surface area contributed by atoms with Gasteiger partial charge in [0.2, 0.25) is 0 Å². The van der Waals surface area contributed by atoms with Gasteiger partial charge in [-0.3, -0.25) is 0 Å². The Hall–Kier alpha value is -2.01. The molecule has 0 aromatic heterocycles. The van der Waals surface area contributed by atoms with E-state index in [1.54, 1.807) is 6.92 Å². The largest absolute Gasteiger partial charge is 0.506 e. The zero-order valence-electron chi connectivity index (χ0n) is 19.0. The summed E-state index contributed by atoms with van der Waals surface area (Å²) < 4.78 is 27.1. The van der Waals surface area contributed by atoms with E-state index < -0.39 is 15.6 Å². The van der Waals surface area contributed by atoms with Crippen LogP contribution in [-0.4, -0.2) is 13.5 Å². The molecule has 0 fully saturated rings. The Morgan fingerprint density at radius 1 is 0.938 bits per heavy atom. The van der Waals surface area contributed by atoms with Crippen molar-refractivity contribution >= 4 is 33.0 Å². The average Bonchev–Trinajstić information content (AvgIpc) is 2.64. The van der Waals surface area contributed by atoms with Crippen molar-refractivity contribution in [3.63, 3.8) is 0 Å². The summed E-state index contributed by atoms with van der Waals surface area (Å²) in [6, 6.07) is 14.9. The maximum Gasteiger partial charge on any atom is 0.183 e. The first kappa shape index (κ1) is 24.6. The van der Waals surface area contributed by atoms with Gasteiger partial charge < -0.3 is 5.11 Å². The molecule has 0 aliphatic carbocycles. The third kappa shape index (κ3) is 5.48. The smallest absolute Gasteiger partial charge is 0.183 e. The normalized spacial score (nSPS) is 12.2. The standard InChI is InChI=1S/C26H28Cl2O3S/c1-16-9-17(2)25(32(30,31)15-20-13-22(27)14-23(28)24(20)29)19(10-16)11-18-7-6-8-21(12-18)26(3,4)5/h6-10,12-14,29H,11,15H2,1-5H3. The van der Waals surface area contributed by atoms with Crippen LogP contribution in [0.3, 0.4) is 0 Å². The molecule has 6 heteroatoms. The first-order chi connectivity index (χ1) is 14.8. The molecule has 0 aliphatic rings. The fourth-order valence-electron chi connectivity index (χ4n) is 3.99. The van der Waals surface area contributed by atoms with Crippen LogP contribution in [0.1, 0.15) is 54.2 Å². The number of hydrogen-bond donors (Lipinski definition) is 1. The molecule has 0 spiro atoms. The van der Waals surface area contributed by atoms with Gasteiger partial charge in [0, 0.05) is 10.6 Å². The van der Waals surface area contributed by atoms with Crippen molar-refractivity contribution in [2.24, 2.45) is 0 Å². The lowest BCUT2D eigenvalue weighted by molar-refractivity contribution is 0.470. The van der Waals surface area contributed by atoms with Crippen molar-refractivity contribution in [2.75, 3.05) is 0 Å². The van der Waals surface area contributed by atoms with Crippen LogP contribution in [0.2, 0.25) is 10.0 Å². The molecule has 1 N–H and O–H groups in total. The van der Waals surface area contributed by atoms with Crippen molar-refractivity contribution in [3.05, 3.63) is 92.0 Å². The second-order valence-corrected chi connectivity index (χ2v) is 12.1. The zero-order valence-corrected chi connectivity index (χ0v) is 21.3. The second-order valence-electron chi connectivity index (χ2n) is 9.35. The number of halogens is 2. The molecule has 0 saturated carbocycles. The molecule has 0 amide bonds.